The zero-order valence-corrected chi connectivity index (χ0v) is 39.8. The topological polar surface area (TPSA) is 105 Å². The molecule has 1 aliphatic heterocycles. The molecular formula is C54H59Cl2N7O2. The zero-order chi connectivity index (χ0) is 46.0. The smallest absolute Gasteiger partial charge is 0.275 e. The lowest BCUT2D eigenvalue weighted by Gasteiger charge is -2.47. The molecule has 0 unspecified atom stereocenters. The van der Waals surface area contributed by atoms with Gasteiger partial charge < -0.3 is 10.2 Å². The average Bonchev–Trinajstić information content (AvgIpc) is 3.86. The first kappa shape index (κ1) is 45.9. The molecule has 0 bridgehead atoms. The van der Waals surface area contributed by atoms with Gasteiger partial charge >= 0.3 is 0 Å². The third-order valence-corrected chi connectivity index (χ3v) is 13.8. The number of nitrogens with one attached hydrogen (secondary N) is 1. The summed E-state index contributed by atoms with van der Waals surface area (Å²) in [5.74, 6) is 0.708. The fourth-order valence-corrected chi connectivity index (χ4v) is 10.4. The van der Waals surface area contributed by atoms with Crippen LogP contribution in [-0.2, 0) is 16.8 Å². The van der Waals surface area contributed by atoms with Crippen molar-refractivity contribution in [2.45, 2.75) is 104 Å². The predicted octanol–water partition coefficient (Wildman–Crippen LogP) is 11.9. The standard InChI is InChI=1S/C54H59Cl2N7O2/c1-51(2,3)30-28-46(62-50(65)48(39-34-44(55)36-45(56)35-39)58-53(62)31-26-40(27-32-53)52(4,5)6)37-22-24-38(25-23-37)49(64)57-33-29-47-59-61-63(60-47)54(41-16-10-7-11-17-41,42-18-12-8-13-19-42)43-20-14-9-15-21-43/h7-25,34-36,40,46H,26-33H2,1-6H3,(H,57,64)/t40?,46-,53?/m1/s1. The SMILES string of the molecule is CC(C)(C)CC[C@H](c1ccc(C(=O)NCCc2nnn(C(c3ccccc3)(c3ccccc3)c3ccccc3)n2)cc1)N1C(=O)C(c2cc(Cl)cc(Cl)c2)=NC12CCC(C(C)(C)C)CC2. The Kier molecular flexibility index (Phi) is 13.2. The van der Waals surface area contributed by atoms with E-state index in [1.807, 2.05) is 78.9 Å². The van der Waals surface area contributed by atoms with Crippen LogP contribution in [0.4, 0.5) is 0 Å². The number of hydrogen-bond acceptors (Lipinski definition) is 6. The Morgan fingerprint density at radius 2 is 1.31 bits per heavy atom. The van der Waals surface area contributed by atoms with Gasteiger partial charge in [0.25, 0.3) is 11.8 Å². The normalized spacial score (nSPS) is 18.5. The Morgan fingerprint density at radius 1 is 0.769 bits per heavy atom. The summed E-state index contributed by atoms with van der Waals surface area (Å²) >= 11 is 13.0. The van der Waals surface area contributed by atoms with E-state index in [1.165, 1.54) is 0 Å². The molecule has 0 radical (unpaired) electrons. The Labute approximate surface area is 393 Å². The van der Waals surface area contributed by atoms with Gasteiger partial charge in [-0.2, -0.15) is 0 Å². The Bertz CT molecular complexity index is 2510. The van der Waals surface area contributed by atoms with E-state index in [9.17, 15) is 9.59 Å². The maximum Gasteiger partial charge on any atom is 0.275 e. The molecule has 1 fully saturated rings. The molecule has 1 spiro atoms. The summed E-state index contributed by atoms with van der Waals surface area (Å²) in [6.45, 7) is 13.9. The molecule has 1 saturated carbocycles. The van der Waals surface area contributed by atoms with Crippen LogP contribution in [0.2, 0.25) is 10.0 Å². The molecule has 2 amide bonds. The molecule has 336 valence electrons. The fraction of sp³-hybridized carbons (Fsp3) is 0.370. The number of rotatable bonds is 13. The number of amides is 2. The molecule has 1 atom stereocenters. The van der Waals surface area contributed by atoms with E-state index in [-0.39, 0.29) is 28.7 Å². The first-order chi connectivity index (χ1) is 31.1. The summed E-state index contributed by atoms with van der Waals surface area (Å²) in [6, 6.07) is 43.3. The van der Waals surface area contributed by atoms with Crippen molar-refractivity contribution in [3.63, 3.8) is 0 Å². The van der Waals surface area contributed by atoms with Crippen LogP contribution in [0, 0.1) is 16.7 Å². The van der Waals surface area contributed by atoms with Crippen LogP contribution < -0.4 is 5.32 Å². The Hall–Kier alpha value is -5.64. The van der Waals surface area contributed by atoms with Crippen LogP contribution in [0.25, 0.3) is 0 Å². The van der Waals surface area contributed by atoms with Gasteiger partial charge in [-0.05, 0) is 113 Å². The molecule has 6 aromatic rings. The number of aromatic nitrogens is 4. The predicted molar refractivity (Wildman–Crippen MR) is 260 cm³/mol. The number of benzene rings is 5. The van der Waals surface area contributed by atoms with Crippen LogP contribution in [0.5, 0.6) is 0 Å². The summed E-state index contributed by atoms with van der Waals surface area (Å²) in [4.78, 5) is 37.8. The van der Waals surface area contributed by atoms with Crippen molar-refractivity contribution in [1.29, 1.82) is 0 Å². The third kappa shape index (κ3) is 9.68. The summed E-state index contributed by atoms with van der Waals surface area (Å²) in [5.41, 5.74) is 4.10. The largest absolute Gasteiger partial charge is 0.352 e. The molecular weight excluding hydrogens is 850 g/mol. The van der Waals surface area contributed by atoms with Gasteiger partial charge in [0.15, 0.2) is 11.4 Å². The van der Waals surface area contributed by atoms with Crippen molar-refractivity contribution in [2.24, 2.45) is 21.7 Å². The highest BCUT2D eigenvalue weighted by Crippen LogP contribution is 2.50. The number of nitrogens with zero attached hydrogens (tertiary/aromatic N) is 6. The van der Waals surface area contributed by atoms with E-state index < -0.39 is 11.2 Å². The number of hydrogen-bond donors (Lipinski definition) is 1. The number of tetrazole rings is 1. The lowest BCUT2D eigenvalue weighted by molar-refractivity contribution is -0.134. The van der Waals surface area contributed by atoms with E-state index in [1.54, 1.807) is 23.0 Å². The molecule has 2 heterocycles. The van der Waals surface area contributed by atoms with Gasteiger partial charge in [0.2, 0.25) is 0 Å². The molecule has 5 aromatic carbocycles. The maximum atomic E-state index is 14.9. The fourth-order valence-electron chi connectivity index (χ4n) is 9.85. The van der Waals surface area contributed by atoms with Gasteiger partial charge in [-0.15, -0.1) is 15.0 Å². The van der Waals surface area contributed by atoms with Crippen molar-refractivity contribution in [2.75, 3.05) is 6.54 Å². The van der Waals surface area contributed by atoms with Gasteiger partial charge in [-0.25, -0.2) is 0 Å². The average molecular weight is 909 g/mol. The second kappa shape index (κ2) is 18.7. The van der Waals surface area contributed by atoms with Gasteiger partial charge in [0, 0.05) is 34.1 Å². The van der Waals surface area contributed by atoms with Crippen molar-refractivity contribution in [3.8, 4) is 0 Å². The molecule has 1 N–H and O–H groups in total. The monoisotopic (exact) mass is 907 g/mol. The molecule has 1 aromatic heterocycles. The Morgan fingerprint density at radius 3 is 1.82 bits per heavy atom. The highest BCUT2D eigenvalue weighted by molar-refractivity contribution is 6.48. The quantitative estimate of drug-likeness (QED) is 0.116. The van der Waals surface area contributed by atoms with Crippen LogP contribution >= 0.6 is 23.2 Å². The number of carbonyl (C=O) groups is 2. The van der Waals surface area contributed by atoms with Crippen LogP contribution in [-0.4, -0.2) is 54.8 Å². The van der Waals surface area contributed by atoms with E-state index in [2.05, 4.69) is 98.5 Å². The minimum Gasteiger partial charge on any atom is -0.352 e. The molecule has 65 heavy (non-hydrogen) atoms. The number of halogens is 2. The van der Waals surface area contributed by atoms with Crippen LogP contribution in [0.15, 0.2) is 138 Å². The van der Waals surface area contributed by atoms with Crippen molar-refractivity contribution in [1.82, 2.24) is 30.4 Å². The molecule has 11 heteroatoms. The third-order valence-electron chi connectivity index (χ3n) is 13.3. The van der Waals surface area contributed by atoms with Gasteiger partial charge in [-0.3, -0.25) is 14.6 Å². The summed E-state index contributed by atoms with van der Waals surface area (Å²) < 4.78 is 0. The van der Waals surface area contributed by atoms with E-state index in [4.69, 9.17) is 33.3 Å². The first-order valence-electron chi connectivity index (χ1n) is 22.8. The maximum absolute atomic E-state index is 14.9. The van der Waals surface area contributed by atoms with E-state index in [0.717, 1.165) is 60.8 Å². The second-order valence-electron chi connectivity index (χ2n) is 20.0. The highest BCUT2D eigenvalue weighted by Gasteiger charge is 2.53. The van der Waals surface area contributed by atoms with Gasteiger partial charge in [0.1, 0.15) is 11.4 Å². The van der Waals surface area contributed by atoms with Crippen molar-refractivity contribution >= 4 is 40.7 Å². The number of carbonyl (C=O) groups excluding carboxylic acids is 2. The van der Waals surface area contributed by atoms with Gasteiger partial charge in [-0.1, -0.05) is 168 Å². The number of aliphatic imine (C=N–C) groups is 1. The lowest BCUT2D eigenvalue weighted by Crippen LogP contribution is -2.51. The first-order valence-corrected chi connectivity index (χ1v) is 23.6. The lowest BCUT2D eigenvalue weighted by atomic mass is 9.69. The van der Waals surface area contributed by atoms with Crippen LogP contribution in [0.3, 0.4) is 0 Å². The molecule has 2 aliphatic rings. The molecule has 0 saturated heterocycles. The zero-order valence-electron chi connectivity index (χ0n) is 38.3. The molecule has 8 rings (SSSR count). The van der Waals surface area contributed by atoms with E-state index >= 15 is 0 Å². The second-order valence-corrected chi connectivity index (χ2v) is 20.8. The summed E-state index contributed by atoms with van der Waals surface area (Å²) in [7, 11) is 0. The molecule has 1 aliphatic carbocycles. The van der Waals surface area contributed by atoms with Crippen molar-refractivity contribution < 1.29 is 9.59 Å². The minimum absolute atomic E-state index is 0.0222. The summed E-state index contributed by atoms with van der Waals surface area (Å²) in [6.07, 6.45) is 5.44. The van der Waals surface area contributed by atoms with Gasteiger partial charge in [0.05, 0.1) is 6.04 Å². The minimum atomic E-state index is -0.882. The highest BCUT2D eigenvalue weighted by atomic mass is 35.5. The van der Waals surface area contributed by atoms with Crippen LogP contribution in [0.1, 0.15) is 130 Å². The Balaban J connectivity index is 1.03. The van der Waals surface area contributed by atoms with Crippen molar-refractivity contribution in [3.05, 3.63) is 183 Å². The van der Waals surface area contributed by atoms with E-state index in [0.29, 0.717) is 51.6 Å². The molecule has 9 nitrogen and oxygen atoms in total. The summed E-state index contributed by atoms with van der Waals surface area (Å²) in [5, 5.41) is 18.1.